The zero-order chi connectivity index (χ0) is 11.4. The fourth-order valence-electron chi connectivity index (χ4n) is 1.57. The summed E-state index contributed by atoms with van der Waals surface area (Å²) >= 11 is 0. The molecule has 1 atom stereocenters. The van der Waals surface area contributed by atoms with Gasteiger partial charge in [-0.1, -0.05) is 0 Å². The molecule has 1 heterocycles. The molecule has 2 N–H and O–H groups in total. The zero-order valence-electron chi connectivity index (χ0n) is 9.07. The molecule has 0 aromatic heterocycles. The highest BCUT2D eigenvalue weighted by Crippen LogP contribution is 2.22. The third-order valence-corrected chi connectivity index (χ3v) is 3.43. The fraction of sp³-hybridized carbons (Fsp3) is 1.00. The van der Waals surface area contributed by atoms with Crippen LogP contribution in [-0.4, -0.2) is 52.4 Å². The minimum Gasteiger partial charge on any atom is -0.378 e. The van der Waals surface area contributed by atoms with Crippen molar-refractivity contribution in [3.8, 4) is 0 Å². The Morgan fingerprint density at radius 1 is 1.53 bits per heavy atom. The summed E-state index contributed by atoms with van der Waals surface area (Å²) in [5.74, 6) is 0.0365. The van der Waals surface area contributed by atoms with Crippen LogP contribution >= 0.6 is 0 Å². The molecule has 0 aromatic rings. The molecule has 1 aliphatic heterocycles. The van der Waals surface area contributed by atoms with Crippen LogP contribution in [0.3, 0.4) is 0 Å². The Kier molecular flexibility index (Phi) is 4.51. The van der Waals surface area contributed by atoms with E-state index in [9.17, 15) is 8.42 Å². The van der Waals surface area contributed by atoms with E-state index < -0.39 is 15.4 Å². The highest BCUT2D eigenvalue weighted by atomic mass is 32.2. The number of ether oxygens (including phenoxy) is 2. The molecule has 0 aromatic carbocycles. The lowest BCUT2D eigenvalue weighted by Gasteiger charge is -2.35. The average molecular weight is 237 g/mol. The van der Waals surface area contributed by atoms with Gasteiger partial charge in [0.05, 0.1) is 19.0 Å². The van der Waals surface area contributed by atoms with Gasteiger partial charge < -0.3 is 15.2 Å². The van der Waals surface area contributed by atoms with Gasteiger partial charge in [0, 0.05) is 19.4 Å². The number of sulfone groups is 1. The highest BCUT2D eigenvalue weighted by molar-refractivity contribution is 7.90. The van der Waals surface area contributed by atoms with Crippen LogP contribution in [0, 0.1) is 0 Å². The Balaban J connectivity index is 2.39. The van der Waals surface area contributed by atoms with E-state index in [4.69, 9.17) is 15.2 Å². The molecule has 0 aliphatic carbocycles. The molecule has 0 amide bonds. The summed E-state index contributed by atoms with van der Waals surface area (Å²) in [6.07, 6.45) is 2.95. The van der Waals surface area contributed by atoms with Crippen LogP contribution in [0.1, 0.15) is 12.8 Å². The summed E-state index contributed by atoms with van der Waals surface area (Å²) in [6, 6.07) is 0. The van der Waals surface area contributed by atoms with E-state index in [-0.39, 0.29) is 12.4 Å². The van der Waals surface area contributed by atoms with Gasteiger partial charge in [-0.3, -0.25) is 0 Å². The first-order chi connectivity index (χ1) is 6.97. The molecule has 0 spiro atoms. The molecule has 6 heteroatoms. The predicted octanol–water partition coefficient (Wildman–Crippen LogP) is -0.444. The molecule has 0 radical (unpaired) electrons. The summed E-state index contributed by atoms with van der Waals surface area (Å²) in [4.78, 5) is 0. The van der Waals surface area contributed by atoms with Gasteiger partial charge in [-0.2, -0.15) is 0 Å². The Bertz CT molecular complexity index is 282. The Morgan fingerprint density at radius 2 is 2.27 bits per heavy atom. The van der Waals surface area contributed by atoms with Gasteiger partial charge in [-0.05, 0) is 12.8 Å². The van der Waals surface area contributed by atoms with Crippen molar-refractivity contribution in [3.05, 3.63) is 0 Å². The molecule has 0 saturated carbocycles. The minimum absolute atomic E-state index is 0.0365. The normalized spacial score (nSPS) is 27.9. The molecule has 1 saturated heterocycles. The lowest BCUT2D eigenvalue weighted by Crippen LogP contribution is -2.48. The van der Waals surface area contributed by atoms with Crippen molar-refractivity contribution in [1.29, 1.82) is 0 Å². The second-order valence-corrected chi connectivity index (χ2v) is 6.28. The average Bonchev–Trinajstić information content (AvgIpc) is 2.17. The van der Waals surface area contributed by atoms with E-state index in [1.165, 1.54) is 6.26 Å². The predicted molar refractivity (Wildman–Crippen MR) is 57.5 cm³/mol. The van der Waals surface area contributed by atoms with Crippen LogP contribution in [-0.2, 0) is 19.3 Å². The van der Waals surface area contributed by atoms with Crippen molar-refractivity contribution >= 4 is 9.84 Å². The van der Waals surface area contributed by atoms with E-state index in [1.54, 1.807) is 0 Å². The third kappa shape index (κ3) is 4.46. The van der Waals surface area contributed by atoms with Crippen molar-refractivity contribution in [2.45, 2.75) is 18.4 Å². The molecule has 15 heavy (non-hydrogen) atoms. The zero-order valence-corrected chi connectivity index (χ0v) is 9.88. The number of rotatable bonds is 5. The van der Waals surface area contributed by atoms with Crippen molar-refractivity contribution < 1.29 is 17.9 Å². The third-order valence-electron chi connectivity index (χ3n) is 2.52. The molecule has 1 rings (SSSR count). The maximum Gasteiger partial charge on any atom is 0.149 e. The monoisotopic (exact) mass is 237 g/mol. The fourth-order valence-corrected chi connectivity index (χ4v) is 1.96. The summed E-state index contributed by atoms with van der Waals surface area (Å²) in [5.41, 5.74) is 5.16. The van der Waals surface area contributed by atoms with Gasteiger partial charge in [0.15, 0.2) is 0 Å². The van der Waals surface area contributed by atoms with E-state index in [2.05, 4.69) is 0 Å². The second kappa shape index (κ2) is 5.25. The van der Waals surface area contributed by atoms with Crippen LogP contribution in [0.2, 0.25) is 0 Å². The summed E-state index contributed by atoms with van der Waals surface area (Å²) in [5, 5.41) is 0. The molecular weight excluding hydrogens is 218 g/mol. The van der Waals surface area contributed by atoms with Crippen LogP contribution in [0.4, 0.5) is 0 Å². The van der Waals surface area contributed by atoms with Crippen molar-refractivity contribution in [2.24, 2.45) is 5.73 Å². The number of nitrogens with two attached hydrogens (primary N) is 1. The van der Waals surface area contributed by atoms with Gasteiger partial charge in [-0.15, -0.1) is 0 Å². The number of hydrogen-bond acceptors (Lipinski definition) is 5. The maximum atomic E-state index is 10.9. The van der Waals surface area contributed by atoms with Crippen molar-refractivity contribution in [2.75, 3.05) is 38.4 Å². The molecular formula is C9H19NO4S. The summed E-state index contributed by atoms with van der Waals surface area (Å²) in [7, 11) is -2.97. The highest BCUT2D eigenvalue weighted by Gasteiger charge is 2.32. The molecule has 1 unspecified atom stereocenters. The Morgan fingerprint density at radius 3 is 2.73 bits per heavy atom. The lowest BCUT2D eigenvalue weighted by molar-refractivity contribution is -0.118. The number of hydrogen-bond donors (Lipinski definition) is 1. The van der Waals surface area contributed by atoms with Crippen molar-refractivity contribution in [3.63, 3.8) is 0 Å². The minimum atomic E-state index is -2.97. The summed E-state index contributed by atoms with van der Waals surface area (Å²) < 4.78 is 32.7. The van der Waals surface area contributed by atoms with Gasteiger partial charge in [0.1, 0.15) is 15.4 Å². The van der Waals surface area contributed by atoms with E-state index in [0.717, 1.165) is 19.4 Å². The second-order valence-electron chi connectivity index (χ2n) is 4.02. The molecule has 90 valence electrons. The Labute approximate surface area is 90.8 Å². The molecule has 1 fully saturated rings. The van der Waals surface area contributed by atoms with Gasteiger partial charge >= 0.3 is 0 Å². The summed E-state index contributed by atoms with van der Waals surface area (Å²) in [6.45, 7) is 1.76. The van der Waals surface area contributed by atoms with Crippen LogP contribution in [0.15, 0.2) is 0 Å². The first kappa shape index (κ1) is 12.9. The molecule has 1 aliphatic rings. The largest absolute Gasteiger partial charge is 0.378 e. The SMILES string of the molecule is CS(=O)(=O)CCOC1(CN)CCCOC1. The maximum absolute atomic E-state index is 10.9. The van der Waals surface area contributed by atoms with Gasteiger partial charge in [0.2, 0.25) is 0 Å². The van der Waals surface area contributed by atoms with Crippen LogP contribution in [0.5, 0.6) is 0 Å². The topological polar surface area (TPSA) is 78.6 Å². The van der Waals surface area contributed by atoms with Crippen molar-refractivity contribution in [1.82, 2.24) is 0 Å². The van der Waals surface area contributed by atoms with Gasteiger partial charge in [-0.25, -0.2) is 8.42 Å². The first-order valence-electron chi connectivity index (χ1n) is 5.07. The van der Waals surface area contributed by atoms with E-state index in [1.807, 2.05) is 0 Å². The smallest absolute Gasteiger partial charge is 0.149 e. The van der Waals surface area contributed by atoms with Crippen LogP contribution in [0.25, 0.3) is 0 Å². The van der Waals surface area contributed by atoms with Crippen LogP contribution < -0.4 is 5.73 Å². The quantitative estimate of drug-likeness (QED) is 0.701. The molecule has 0 bridgehead atoms. The standard InChI is InChI=1S/C9H19NO4S/c1-15(11,12)6-5-14-9(7-10)3-2-4-13-8-9/h2-8,10H2,1H3. The van der Waals surface area contributed by atoms with Gasteiger partial charge in [0.25, 0.3) is 0 Å². The molecule has 5 nitrogen and oxygen atoms in total. The lowest BCUT2D eigenvalue weighted by atomic mass is 9.97. The first-order valence-corrected chi connectivity index (χ1v) is 7.13. The van der Waals surface area contributed by atoms with E-state index in [0.29, 0.717) is 13.2 Å². The Hall–Kier alpha value is -0.170. The van der Waals surface area contributed by atoms with E-state index >= 15 is 0 Å².